The van der Waals surface area contributed by atoms with Crippen LogP contribution in [0, 0.1) is 5.92 Å². The Bertz CT molecular complexity index is 418. The zero-order valence-corrected chi connectivity index (χ0v) is 12.1. The molecule has 0 radical (unpaired) electrons. The molecule has 1 heterocycles. The first kappa shape index (κ1) is 14.0. The van der Waals surface area contributed by atoms with E-state index in [0.717, 1.165) is 28.7 Å². The lowest BCUT2D eigenvalue weighted by Gasteiger charge is -2.01. The van der Waals surface area contributed by atoms with Gasteiger partial charge in [0.05, 0.1) is 0 Å². The molecule has 94 valence electrons. The van der Waals surface area contributed by atoms with E-state index in [1.54, 1.807) is 10.9 Å². The molecule has 1 aromatic heterocycles. The molecule has 0 aliphatic heterocycles. The summed E-state index contributed by atoms with van der Waals surface area (Å²) >= 11 is 3.42. The number of allylic oxidation sites excluding steroid dienone is 1. The van der Waals surface area contributed by atoms with E-state index in [0.29, 0.717) is 5.92 Å². The molecule has 0 atom stereocenters. The Kier molecular flexibility index (Phi) is 5.41. The fourth-order valence-electron chi connectivity index (χ4n) is 1.38. The van der Waals surface area contributed by atoms with Gasteiger partial charge in [-0.1, -0.05) is 13.8 Å². The van der Waals surface area contributed by atoms with Crippen LogP contribution in [0.3, 0.4) is 0 Å². The van der Waals surface area contributed by atoms with Crippen molar-refractivity contribution < 1.29 is 0 Å². The average Bonchev–Trinajstić information content (AvgIpc) is 2.55. The predicted molar refractivity (Wildman–Crippen MR) is 75.1 cm³/mol. The molecule has 0 aliphatic rings. The van der Waals surface area contributed by atoms with Gasteiger partial charge in [0.15, 0.2) is 0 Å². The van der Waals surface area contributed by atoms with Gasteiger partial charge in [-0.3, -0.25) is 9.67 Å². The average molecular weight is 299 g/mol. The second-order valence-electron chi connectivity index (χ2n) is 4.43. The Morgan fingerprint density at radius 1 is 1.65 bits per heavy atom. The van der Waals surface area contributed by atoms with Crippen LogP contribution in [0.4, 0.5) is 0 Å². The number of hydrogen-bond acceptors (Lipinski definition) is 3. The van der Waals surface area contributed by atoms with Crippen molar-refractivity contribution in [2.24, 2.45) is 23.7 Å². The molecule has 0 amide bonds. The van der Waals surface area contributed by atoms with Crippen LogP contribution in [0.25, 0.3) is 0 Å². The van der Waals surface area contributed by atoms with Gasteiger partial charge in [-0.2, -0.15) is 5.10 Å². The maximum atomic E-state index is 5.60. The van der Waals surface area contributed by atoms with Gasteiger partial charge in [0.25, 0.3) is 0 Å². The highest BCUT2D eigenvalue weighted by Gasteiger charge is 2.06. The maximum absolute atomic E-state index is 5.60. The van der Waals surface area contributed by atoms with Crippen LogP contribution in [0.15, 0.2) is 27.6 Å². The van der Waals surface area contributed by atoms with Crippen LogP contribution < -0.4 is 5.73 Å². The second kappa shape index (κ2) is 6.59. The van der Waals surface area contributed by atoms with Crippen molar-refractivity contribution in [3.05, 3.63) is 28.1 Å². The first-order valence-corrected chi connectivity index (χ1v) is 6.40. The van der Waals surface area contributed by atoms with Crippen LogP contribution in [-0.4, -0.2) is 22.5 Å². The zero-order valence-electron chi connectivity index (χ0n) is 10.5. The number of hydrogen-bond donors (Lipinski definition) is 1. The number of rotatable bonds is 5. The summed E-state index contributed by atoms with van der Waals surface area (Å²) in [5.41, 5.74) is 7.71. The summed E-state index contributed by atoms with van der Waals surface area (Å²) in [5.74, 6) is 0.565. The smallest absolute Gasteiger partial charge is 0.131 e. The Morgan fingerprint density at radius 3 is 2.82 bits per heavy atom. The fraction of sp³-hybridized carbons (Fsp3) is 0.500. The Hall–Kier alpha value is -1.10. The first-order chi connectivity index (χ1) is 8.02. The van der Waals surface area contributed by atoms with Gasteiger partial charge < -0.3 is 5.73 Å². The lowest BCUT2D eigenvalue weighted by atomic mass is 10.1. The summed E-state index contributed by atoms with van der Waals surface area (Å²) in [6, 6.07) is 0. The number of aliphatic imine (C=N–C) groups is 1. The molecule has 1 aromatic rings. The van der Waals surface area contributed by atoms with Crippen LogP contribution >= 0.6 is 15.9 Å². The molecular formula is C12H19BrN4. The second-order valence-corrected chi connectivity index (χ2v) is 5.18. The third kappa shape index (κ3) is 4.73. The van der Waals surface area contributed by atoms with Gasteiger partial charge in [0.2, 0.25) is 0 Å². The molecule has 0 spiro atoms. The summed E-state index contributed by atoms with van der Waals surface area (Å²) in [6.07, 6.45) is 6.17. The van der Waals surface area contributed by atoms with Gasteiger partial charge in [-0.05, 0) is 33.6 Å². The number of nitrogens with two attached hydrogens (primary N) is 1. The summed E-state index contributed by atoms with van der Waals surface area (Å²) in [4.78, 5) is 4.36. The van der Waals surface area contributed by atoms with Crippen LogP contribution in [0.5, 0.6) is 0 Å². The van der Waals surface area contributed by atoms with Gasteiger partial charge in [-0.25, -0.2) is 0 Å². The molecule has 17 heavy (non-hydrogen) atoms. The first-order valence-electron chi connectivity index (χ1n) is 5.61. The van der Waals surface area contributed by atoms with E-state index < -0.39 is 0 Å². The lowest BCUT2D eigenvalue weighted by Crippen LogP contribution is -1.99. The van der Waals surface area contributed by atoms with Crippen LogP contribution in [0.1, 0.15) is 19.4 Å². The Labute approximate surface area is 111 Å². The number of halogens is 1. The lowest BCUT2D eigenvalue weighted by molar-refractivity contribution is 0.667. The van der Waals surface area contributed by atoms with Crippen LogP contribution in [0.2, 0.25) is 0 Å². The van der Waals surface area contributed by atoms with Gasteiger partial charge >= 0.3 is 0 Å². The van der Waals surface area contributed by atoms with E-state index >= 15 is 0 Å². The molecular weight excluding hydrogens is 280 g/mol. The largest absolute Gasteiger partial charge is 0.404 e. The molecule has 0 bridgehead atoms. The maximum Gasteiger partial charge on any atom is 0.131 e. The number of aromatic nitrogens is 2. The molecule has 2 N–H and O–H groups in total. The van der Waals surface area contributed by atoms with E-state index in [4.69, 9.17) is 5.73 Å². The molecule has 0 saturated heterocycles. The van der Waals surface area contributed by atoms with Crippen molar-refractivity contribution in [1.29, 1.82) is 0 Å². The number of aryl methyl sites for hydroxylation is 1. The number of nitrogens with zero attached hydrogens (tertiary/aromatic N) is 3. The monoisotopic (exact) mass is 298 g/mol. The molecule has 0 aromatic carbocycles. The summed E-state index contributed by atoms with van der Waals surface area (Å²) < 4.78 is 2.63. The third-order valence-electron chi connectivity index (χ3n) is 2.19. The molecule has 1 rings (SSSR count). The Morgan fingerprint density at radius 2 is 2.35 bits per heavy atom. The van der Waals surface area contributed by atoms with Crippen molar-refractivity contribution >= 4 is 22.1 Å². The molecule has 0 aliphatic carbocycles. The molecule has 0 saturated carbocycles. The van der Waals surface area contributed by atoms with Gasteiger partial charge in [0.1, 0.15) is 4.60 Å². The molecule has 0 unspecified atom stereocenters. The van der Waals surface area contributed by atoms with Crippen molar-refractivity contribution in [3.63, 3.8) is 0 Å². The summed E-state index contributed by atoms with van der Waals surface area (Å²) in [6.45, 7) is 5.10. The summed E-state index contributed by atoms with van der Waals surface area (Å²) in [7, 11) is 1.90. The molecule has 0 fully saturated rings. The van der Waals surface area contributed by atoms with Gasteiger partial charge in [0, 0.05) is 38.0 Å². The van der Waals surface area contributed by atoms with Crippen molar-refractivity contribution in [3.8, 4) is 0 Å². The van der Waals surface area contributed by atoms with E-state index in [9.17, 15) is 0 Å². The van der Waals surface area contributed by atoms with Crippen molar-refractivity contribution in [2.45, 2.75) is 20.3 Å². The minimum atomic E-state index is 0.565. The van der Waals surface area contributed by atoms with E-state index in [1.165, 1.54) is 0 Å². The van der Waals surface area contributed by atoms with Crippen molar-refractivity contribution in [2.75, 3.05) is 6.54 Å². The quantitative estimate of drug-likeness (QED) is 0.848. The predicted octanol–water partition coefficient (Wildman–Crippen LogP) is 2.29. The standard InChI is InChI=1S/C12H19BrN4/c1-9(2)6-15-7-10(5-14)4-11-8-17(3)16-12(11)13/h5,7-9H,4,6,14H2,1-3H3. The SMILES string of the molecule is CC(C)CN=CC(=CN)Cc1cn(C)nc1Br. The minimum Gasteiger partial charge on any atom is -0.404 e. The van der Waals surface area contributed by atoms with Crippen molar-refractivity contribution in [1.82, 2.24) is 9.78 Å². The van der Waals surface area contributed by atoms with E-state index in [-0.39, 0.29) is 0 Å². The molecule has 5 heteroatoms. The third-order valence-corrected chi connectivity index (χ3v) is 2.86. The Balaban J connectivity index is 2.65. The zero-order chi connectivity index (χ0) is 12.8. The fourth-order valence-corrected chi connectivity index (χ4v) is 1.87. The topological polar surface area (TPSA) is 56.2 Å². The minimum absolute atomic E-state index is 0.565. The van der Waals surface area contributed by atoms with E-state index in [1.807, 2.05) is 19.5 Å². The highest BCUT2D eigenvalue weighted by Crippen LogP contribution is 2.16. The summed E-state index contributed by atoms with van der Waals surface area (Å²) in [5, 5.41) is 4.23. The van der Waals surface area contributed by atoms with E-state index in [2.05, 4.69) is 39.9 Å². The molecule has 4 nitrogen and oxygen atoms in total. The normalized spacial score (nSPS) is 12.9. The highest BCUT2D eigenvalue weighted by atomic mass is 79.9. The highest BCUT2D eigenvalue weighted by molar-refractivity contribution is 9.10. The van der Waals surface area contributed by atoms with Gasteiger partial charge in [-0.15, -0.1) is 0 Å². The van der Waals surface area contributed by atoms with Crippen LogP contribution in [-0.2, 0) is 13.5 Å².